The maximum absolute atomic E-state index is 11.5. The molecule has 1 aromatic heterocycles. The topological polar surface area (TPSA) is 65.2 Å². The van der Waals surface area contributed by atoms with Gasteiger partial charge >= 0.3 is 5.97 Å². The molecule has 3 rings (SSSR count). The van der Waals surface area contributed by atoms with Crippen LogP contribution in [0.5, 0.6) is 0 Å². The van der Waals surface area contributed by atoms with Crippen molar-refractivity contribution in [3.63, 3.8) is 0 Å². The van der Waals surface area contributed by atoms with Crippen LogP contribution in [0.15, 0.2) is 64.2 Å². The van der Waals surface area contributed by atoms with Gasteiger partial charge in [0.2, 0.25) is 5.89 Å². The van der Waals surface area contributed by atoms with Crippen LogP contribution in [0.1, 0.15) is 15.9 Å². The van der Waals surface area contributed by atoms with Crippen molar-refractivity contribution in [2.24, 2.45) is 0 Å². The number of carbonyl (C=O) groups is 1. The summed E-state index contributed by atoms with van der Waals surface area (Å²) in [5.74, 6) is 0.777. The standard InChI is InChI=1S/C17H14N2O3S/c1-21-16(20)14-9-5-6-12(10-14)11-23-17-19-18-15(22-17)13-7-3-2-4-8-13/h2-10H,11H2,1H3. The molecule has 116 valence electrons. The van der Waals surface area contributed by atoms with Crippen molar-refractivity contribution < 1.29 is 13.9 Å². The second kappa shape index (κ2) is 7.11. The quantitative estimate of drug-likeness (QED) is 0.524. The molecular formula is C17H14N2O3S. The number of hydrogen-bond donors (Lipinski definition) is 0. The van der Waals surface area contributed by atoms with Crippen LogP contribution in [-0.4, -0.2) is 23.3 Å². The molecule has 0 aliphatic heterocycles. The fourth-order valence-electron chi connectivity index (χ4n) is 2.02. The Labute approximate surface area is 137 Å². The lowest BCUT2D eigenvalue weighted by molar-refractivity contribution is 0.0600. The van der Waals surface area contributed by atoms with Crippen LogP contribution in [0.2, 0.25) is 0 Å². The fraction of sp³-hybridized carbons (Fsp3) is 0.118. The number of aromatic nitrogens is 2. The molecule has 5 nitrogen and oxygen atoms in total. The van der Waals surface area contributed by atoms with Gasteiger partial charge in [0, 0.05) is 11.3 Å². The monoisotopic (exact) mass is 326 g/mol. The van der Waals surface area contributed by atoms with Crippen molar-refractivity contribution in [3.05, 3.63) is 65.7 Å². The van der Waals surface area contributed by atoms with Gasteiger partial charge in [-0.15, -0.1) is 10.2 Å². The Hall–Kier alpha value is -2.60. The van der Waals surface area contributed by atoms with Gasteiger partial charge < -0.3 is 9.15 Å². The van der Waals surface area contributed by atoms with Gasteiger partial charge in [-0.2, -0.15) is 0 Å². The molecule has 0 N–H and O–H groups in total. The molecule has 6 heteroatoms. The Balaban J connectivity index is 1.67. The summed E-state index contributed by atoms with van der Waals surface area (Å²) in [6.07, 6.45) is 0. The van der Waals surface area contributed by atoms with Crippen LogP contribution < -0.4 is 0 Å². The zero-order chi connectivity index (χ0) is 16.1. The molecule has 2 aromatic carbocycles. The van der Waals surface area contributed by atoms with Crippen molar-refractivity contribution in [1.29, 1.82) is 0 Å². The number of methoxy groups -OCH3 is 1. The number of hydrogen-bond acceptors (Lipinski definition) is 6. The summed E-state index contributed by atoms with van der Waals surface area (Å²) in [4.78, 5) is 11.5. The van der Waals surface area contributed by atoms with Gasteiger partial charge in [0.25, 0.3) is 5.22 Å². The minimum absolute atomic E-state index is 0.346. The van der Waals surface area contributed by atoms with Crippen molar-refractivity contribution in [2.75, 3.05) is 7.11 Å². The maximum Gasteiger partial charge on any atom is 0.337 e. The molecule has 0 aliphatic rings. The van der Waals surface area contributed by atoms with Gasteiger partial charge in [-0.25, -0.2) is 4.79 Å². The SMILES string of the molecule is COC(=O)c1cccc(CSc2nnc(-c3ccccc3)o2)c1. The van der Waals surface area contributed by atoms with Crippen molar-refractivity contribution in [2.45, 2.75) is 11.0 Å². The van der Waals surface area contributed by atoms with Crippen LogP contribution in [0.4, 0.5) is 0 Å². The van der Waals surface area contributed by atoms with Crippen LogP contribution in [-0.2, 0) is 10.5 Å². The predicted octanol–water partition coefficient (Wildman–Crippen LogP) is 3.82. The van der Waals surface area contributed by atoms with Crippen molar-refractivity contribution in [3.8, 4) is 11.5 Å². The third kappa shape index (κ3) is 3.78. The molecular weight excluding hydrogens is 312 g/mol. The molecule has 0 spiro atoms. The summed E-state index contributed by atoms with van der Waals surface area (Å²) in [5.41, 5.74) is 2.40. The number of carbonyl (C=O) groups excluding carboxylic acids is 1. The third-order valence-electron chi connectivity index (χ3n) is 3.14. The first-order valence-corrected chi connectivity index (χ1v) is 7.94. The van der Waals surface area contributed by atoms with Crippen LogP contribution in [0.3, 0.4) is 0 Å². The van der Waals surface area contributed by atoms with E-state index < -0.39 is 0 Å². The van der Waals surface area contributed by atoms with Gasteiger partial charge in [0.15, 0.2) is 0 Å². The number of rotatable bonds is 5. The molecule has 0 radical (unpaired) electrons. The number of ether oxygens (including phenoxy) is 1. The maximum atomic E-state index is 11.5. The van der Waals surface area contributed by atoms with E-state index in [1.54, 1.807) is 12.1 Å². The van der Waals surface area contributed by atoms with E-state index in [2.05, 4.69) is 10.2 Å². The Morgan fingerprint density at radius 3 is 2.74 bits per heavy atom. The van der Waals surface area contributed by atoms with Gasteiger partial charge in [-0.3, -0.25) is 0 Å². The molecule has 0 fully saturated rings. The second-order valence-electron chi connectivity index (χ2n) is 4.72. The first-order valence-electron chi connectivity index (χ1n) is 6.95. The molecule has 0 amide bonds. The van der Waals surface area contributed by atoms with E-state index in [1.807, 2.05) is 42.5 Å². The normalized spacial score (nSPS) is 10.5. The highest BCUT2D eigenvalue weighted by molar-refractivity contribution is 7.98. The fourth-order valence-corrected chi connectivity index (χ4v) is 2.72. The molecule has 1 heterocycles. The van der Waals surface area contributed by atoms with E-state index in [0.717, 1.165) is 11.1 Å². The van der Waals surface area contributed by atoms with Crippen molar-refractivity contribution in [1.82, 2.24) is 10.2 Å². The summed E-state index contributed by atoms with van der Waals surface area (Å²) in [5, 5.41) is 8.58. The molecule has 0 saturated carbocycles. The molecule has 0 atom stereocenters. The summed E-state index contributed by atoms with van der Waals surface area (Å²) < 4.78 is 10.4. The zero-order valence-electron chi connectivity index (χ0n) is 12.4. The lowest BCUT2D eigenvalue weighted by Gasteiger charge is -2.02. The Morgan fingerprint density at radius 1 is 1.13 bits per heavy atom. The van der Waals surface area contributed by atoms with Crippen LogP contribution in [0.25, 0.3) is 11.5 Å². The minimum atomic E-state index is -0.346. The van der Waals surface area contributed by atoms with Gasteiger partial charge in [0.1, 0.15) is 0 Å². The predicted molar refractivity (Wildman–Crippen MR) is 87.1 cm³/mol. The minimum Gasteiger partial charge on any atom is -0.465 e. The lowest BCUT2D eigenvalue weighted by atomic mass is 10.1. The molecule has 0 saturated heterocycles. The molecule has 23 heavy (non-hydrogen) atoms. The highest BCUT2D eigenvalue weighted by atomic mass is 32.2. The van der Waals surface area contributed by atoms with E-state index >= 15 is 0 Å². The van der Waals surface area contributed by atoms with Crippen LogP contribution in [0, 0.1) is 0 Å². The number of esters is 1. The largest absolute Gasteiger partial charge is 0.465 e. The van der Waals surface area contributed by atoms with Crippen LogP contribution >= 0.6 is 11.8 Å². The molecule has 0 aliphatic carbocycles. The Bertz CT molecular complexity index is 802. The Morgan fingerprint density at radius 2 is 1.96 bits per heavy atom. The van der Waals surface area contributed by atoms with E-state index in [0.29, 0.717) is 22.4 Å². The Kier molecular flexibility index (Phi) is 4.73. The van der Waals surface area contributed by atoms with Gasteiger partial charge in [-0.1, -0.05) is 42.1 Å². The van der Waals surface area contributed by atoms with E-state index in [1.165, 1.54) is 18.9 Å². The molecule has 0 unspecified atom stereocenters. The van der Waals surface area contributed by atoms with Gasteiger partial charge in [-0.05, 0) is 29.8 Å². The first-order chi connectivity index (χ1) is 11.3. The molecule has 3 aromatic rings. The lowest BCUT2D eigenvalue weighted by Crippen LogP contribution is -2.01. The smallest absolute Gasteiger partial charge is 0.337 e. The van der Waals surface area contributed by atoms with Crippen molar-refractivity contribution >= 4 is 17.7 Å². The number of nitrogens with zero attached hydrogens (tertiary/aromatic N) is 2. The summed E-state index contributed by atoms with van der Waals surface area (Å²) in [7, 11) is 1.37. The summed E-state index contributed by atoms with van der Waals surface area (Å²) in [6.45, 7) is 0. The first kappa shape index (κ1) is 15.3. The zero-order valence-corrected chi connectivity index (χ0v) is 13.2. The van der Waals surface area contributed by atoms with E-state index in [9.17, 15) is 4.79 Å². The number of benzene rings is 2. The van der Waals surface area contributed by atoms with Gasteiger partial charge in [0.05, 0.1) is 12.7 Å². The summed E-state index contributed by atoms with van der Waals surface area (Å²) >= 11 is 1.42. The number of thioether (sulfide) groups is 1. The molecule has 0 bridgehead atoms. The average Bonchev–Trinajstić information content (AvgIpc) is 3.09. The average molecular weight is 326 g/mol. The van der Waals surface area contributed by atoms with E-state index in [-0.39, 0.29) is 5.97 Å². The third-order valence-corrected chi connectivity index (χ3v) is 4.03. The van der Waals surface area contributed by atoms with E-state index in [4.69, 9.17) is 9.15 Å². The highest BCUT2D eigenvalue weighted by Crippen LogP contribution is 2.25. The summed E-state index contributed by atoms with van der Waals surface area (Å²) in [6, 6.07) is 16.9. The highest BCUT2D eigenvalue weighted by Gasteiger charge is 2.10. The second-order valence-corrected chi connectivity index (χ2v) is 5.65.